The maximum absolute atomic E-state index is 12.9. The molecule has 25 heavy (non-hydrogen) atoms. The molecule has 0 aliphatic carbocycles. The van der Waals surface area contributed by atoms with E-state index in [4.69, 9.17) is 0 Å². The first-order valence-corrected chi connectivity index (χ1v) is 9.35. The standard InChI is InChI=1S/C19H22N4OS/c1-3-23-17(15-7-5-4-6-8-15)14(2)25-19(23)16(13-20)18(24)22-11-9-21-10-12-22/h4-8,21H,3,9-12H2,1-2H3/b19-16+. The lowest BCUT2D eigenvalue weighted by Crippen LogP contribution is -2.47. The third-order valence-electron chi connectivity index (χ3n) is 4.41. The van der Waals surface area contributed by atoms with E-state index in [-0.39, 0.29) is 11.5 Å². The highest BCUT2D eigenvalue weighted by molar-refractivity contribution is 8.07. The minimum absolute atomic E-state index is 0.160. The number of thioether (sulfide) groups is 1. The van der Waals surface area contributed by atoms with Crippen LogP contribution in [0.2, 0.25) is 0 Å². The number of allylic oxidation sites excluding steroid dienone is 1. The van der Waals surface area contributed by atoms with Crippen LogP contribution in [0.5, 0.6) is 0 Å². The second-order valence-corrected chi connectivity index (χ2v) is 7.15. The predicted octanol–water partition coefficient (Wildman–Crippen LogP) is 2.61. The molecule has 2 aliphatic heterocycles. The molecule has 0 spiro atoms. The van der Waals surface area contributed by atoms with Crippen LogP contribution in [0.4, 0.5) is 0 Å². The summed E-state index contributed by atoms with van der Waals surface area (Å²) in [7, 11) is 0. The molecular formula is C19H22N4OS. The van der Waals surface area contributed by atoms with Crippen molar-refractivity contribution in [3.63, 3.8) is 0 Å². The van der Waals surface area contributed by atoms with Gasteiger partial charge in [-0.05, 0) is 19.4 Å². The smallest absolute Gasteiger partial charge is 0.267 e. The highest BCUT2D eigenvalue weighted by atomic mass is 32.2. The van der Waals surface area contributed by atoms with Crippen molar-refractivity contribution < 1.29 is 4.79 Å². The van der Waals surface area contributed by atoms with Gasteiger partial charge in [0.05, 0.1) is 5.70 Å². The van der Waals surface area contributed by atoms with Crippen molar-refractivity contribution >= 4 is 23.4 Å². The molecule has 0 unspecified atom stereocenters. The van der Waals surface area contributed by atoms with Gasteiger partial charge in [0.25, 0.3) is 5.91 Å². The molecule has 1 fully saturated rings. The zero-order valence-electron chi connectivity index (χ0n) is 14.6. The van der Waals surface area contributed by atoms with E-state index in [2.05, 4.69) is 28.4 Å². The average Bonchev–Trinajstić information content (AvgIpc) is 2.99. The van der Waals surface area contributed by atoms with Gasteiger partial charge in [0.15, 0.2) is 0 Å². The number of nitrogens with one attached hydrogen (secondary N) is 1. The third kappa shape index (κ3) is 3.44. The second-order valence-electron chi connectivity index (χ2n) is 5.95. The van der Waals surface area contributed by atoms with Gasteiger partial charge >= 0.3 is 0 Å². The first-order valence-electron chi connectivity index (χ1n) is 8.53. The molecule has 0 bridgehead atoms. The van der Waals surface area contributed by atoms with E-state index in [1.54, 1.807) is 4.90 Å². The number of hydrogen-bond acceptors (Lipinski definition) is 5. The normalized spacial score (nSPS) is 19.9. The van der Waals surface area contributed by atoms with Gasteiger partial charge in [-0.2, -0.15) is 5.26 Å². The fraction of sp³-hybridized carbons (Fsp3) is 0.368. The summed E-state index contributed by atoms with van der Waals surface area (Å²) in [6.45, 7) is 7.65. The number of hydrogen-bond donors (Lipinski definition) is 1. The summed E-state index contributed by atoms with van der Waals surface area (Å²) in [5.74, 6) is -0.160. The van der Waals surface area contributed by atoms with Crippen LogP contribution >= 0.6 is 11.8 Å². The Kier molecular flexibility index (Phi) is 5.47. The van der Waals surface area contributed by atoms with Crippen LogP contribution in [0.25, 0.3) is 5.70 Å². The molecule has 2 aliphatic rings. The number of nitrogens with zero attached hydrogens (tertiary/aromatic N) is 3. The Balaban J connectivity index is 1.97. The summed E-state index contributed by atoms with van der Waals surface area (Å²) in [4.78, 5) is 17.9. The summed E-state index contributed by atoms with van der Waals surface area (Å²) < 4.78 is 0. The molecule has 1 N–H and O–H groups in total. The Morgan fingerprint density at radius 2 is 1.96 bits per heavy atom. The topological polar surface area (TPSA) is 59.4 Å². The van der Waals surface area contributed by atoms with E-state index in [0.29, 0.717) is 19.6 Å². The number of rotatable bonds is 3. The Hall–Kier alpha value is -2.23. The van der Waals surface area contributed by atoms with Gasteiger partial charge in [0.1, 0.15) is 16.7 Å². The van der Waals surface area contributed by atoms with Crippen LogP contribution in [0.3, 0.4) is 0 Å². The molecule has 1 saturated heterocycles. The van der Waals surface area contributed by atoms with Gasteiger partial charge in [-0.3, -0.25) is 4.79 Å². The molecule has 1 amide bonds. The molecule has 1 aromatic carbocycles. The molecule has 2 heterocycles. The zero-order valence-corrected chi connectivity index (χ0v) is 15.4. The lowest BCUT2D eigenvalue weighted by atomic mass is 10.1. The van der Waals surface area contributed by atoms with Crippen LogP contribution in [-0.4, -0.2) is 48.4 Å². The van der Waals surface area contributed by atoms with E-state index in [1.165, 1.54) is 11.8 Å². The van der Waals surface area contributed by atoms with Crippen molar-refractivity contribution in [2.45, 2.75) is 13.8 Å². The molecule has 0 atom stereocenters. The van der Waals surface area contributed by atoms with Gasteiger partial charge < -0.3 is 15.1 Å². The van der Waals surface area contributed by atoms with E-state index < -0.39 is 0 Å². The molecule has 0 aromatic heterocycles. The van der Waals surface area contributed by atoms with Gasteiger partial charge in [0, 0.05) is 37.6 Å². The van der Waals surface area contributed by atoms with Crippen LogP contribution < -0.4 is 5.32 Å². The Bertz CT molecular complexity index is 757. The number of benzene rings is 1. The Labute approximate surface area is 153 Å². The predicted molar refractivity (Wildman–Crippen MR) is 101 cm³/mol. The lowest BCUT2D eigenvalue weighted by Gasteiger charge is -2.28. The first-order chi connectivity index (χ1) is 12.2. The summed E-state index contributed by atoms with van der Waals surface area (Å²) in [5, 5.41) is 13.7. The number of piperazine rings is 1. The van der Waals surface area contributed by atoms with E-state index in [9.17, 15) is 10.1 Å². The number of carbonyl (C=O) groups is 1. The molecular weight excluding hydrogens is 332 g/mol. The number of nitriles is 1. The summed E-state index contributed by atoms with van der Waals surface area (Å²) in [6, 6.07) is 12.3. The maximum Gasteiger partial charge on any atom is 0.267 e. The van der Waals surface area contributed by atoms with E-state index in [0.717, 1.165) is 34.3 Å². The highest BCUT2D eigenvalue weighted by Gasteiger charge is 2.32. The Morgan fingerprint density at radius 3 is 2.56 bits per heavy atom. The summed E-state index contributed by atoms with van der Waals surface area (Å²) in [5.41, 5.74) is 2.44. The van der Waals surface area contributed by atoms with Crippen molar-refractivity contribution in [1.82, 2.24) is 15.1 Å². The molecule has 3 rings (SSSR count). The van der Waals surface area contributed by atoms with Gasteiger partial charge in [-0.25, -0.2) is 0 Å². The van der Waals surface area contributed by atoms with Crippen LogP contribution in [-0.2, 0) is 4.79 Å². The average molecular weight is 354 g/mol. The van der Waals surface area contributed by atoms with E-state index in [1.807, 2.05) is 32.0 Å². The fourth-order valence-corrected chi connectivity index (χ4v) is 4.38. The van der Waals surface area contributed by atoms with E-state index >= 15 is 0 Å². The fourth-order valence-electron chi connectivity index (χ4n) is 3.20. The van der Waals surface area contributed by atoms with Gasteiger partial charge in [-0.15, -0.1) is 0 Å². The van der Waals surface area contributed by atoms with Crippen LogP contribution in [0, 0.1) is 11.3 Å². The first kappa shape index (κ1) is 17.6. The maximum atomic E-state index is 12.9. The second kappa shape index (κ2) is 7.77. The minimum Gasteiger partial charge on any atom is -0.335 e. The Morgan fingerprint density at radius 1 is 1.28 bits per heavy atom. The van der Waals surface area contributed by atoms with Gasteiger partial charge in [-0.1, -0.05) is 42.1 Å². The third-order valence-corrected chi connectivity index (χ3v) is 5.52. The molecule has 5 nitrogen and oxygen atoms in total. The zero-order chi connectivity index (χ0) is 17.8. The van der Waals surface area contributed by atoms with Gasteiger partial charge in [0.2, 0.25) is 0 Å². The van der Waals surface area contributed by atoms with Crippen molar-refractivity contribution in [2.24, 2.45) is 0 Å². The molecule has 0 saturated carbocycles. The molecule has 130 valence electrons. The summed E-state index contributed by atoms with van der Waals surface area (Å²) in [6.07, 6.45) is 0. The minimum atomic E-state index is -0.160. The van der Waals surface area contributed by atoms with Crippen molar-refractivity contribution in [1.29, 1.82) is 5.26 Å². The lowest BCUT2D eigenvalue weighted by molar-refractivity contribution is -0.127. The SMILES string of the molecule is CCN1C(c2ccccc2)=C(C)S/C1=C(\C#N)C(=O)N1CCNCC1. The monoisotopic (exact) mass is 354 g/mol. The quantitative estimate of drug-likeness (QED) is 0.668. The van der Waals surface area contributed by atoms with Crippen molar-refractivity contribution in [3.8, 4) is 6.07 Å². The summed E-state index contributed by atoms with van der Waals surface area (Å²) >= 11 is 1.53. The molecule has 6 heteroatoms. The molecule has 1 aromatic rings. The van der Waals surface area contributed by atoms with Crippen molar-refractivity contribution in [2.75, 3.05) is 32.7 Å². The van der Waals surface area contributed by atoms with Crippen molar-refractivity contribution in [3.05, 3.63) is 51.4 Å². The largest absolute Gasteiger partial charge is 0.335 e. The van der Waals surface area contributed by atoms with Crippen LogP contribution in [0.1, 0.15) is 19.4 Å². The molecule has 0 radical (unpaired) electrons. The highest BCUT2D eigenvalue weighted by Crippen LogP contribution is 2.46. The number of carbonyl (C=O) groups excluding carboxylic acids is 1. The van der Waals surface area contributed by atoms with Crippen LogP contribution in [0.15, 0.2) is 45.8 Å². The number of amides is 1.